The Morgan fingerprint density at radius 3 is 2.65 bits per heavy atom. The molecule has 0 fully saturated rings. The molecule has 3 heterocycles. The van der Waals surface area contributed by atoms with Gasteiger partial charge in [0.05, 0.1) is 5.52 Å². The molecular weight excluding hydrogens is 426 g/mol. The van der Waals surface area contributed by atoms with Crippen molar-refractivity contribution in [2.45, 2.75) is 52.6 Å². The molecule has 0 radical (unpaired) electrons. The van der Waals surface area contributed by atoms with Crippen molar-refractivity contribution in [1.29, 1.82) is 0 Å². The fourth-order valence-electron chi connectivity index (χ4n) is 4.75. The van der Waals surface area contributed by atoms with Gasteiger partial charge in [0.15, 0.2) is 0 Å². The molecule has 1 aromatic heterocycles. The van der Waals surface area contributed by atoms with Crippen molar-refractivity contribution < 1.29 is 14.3 Å². The van der Waals surface area contributed by atoms with E-state index < -0.39 is 11.7 Å². The summed E-state index contributed by atoms with van der Waals surface area (Å²) in [4.78, 5) is 32.5. The molecule has 5 rings (SSSR count). The highest BCUT2D eigenvalue weighted by atomic mass is 16.6. The Labute approximate surface area is 199 Å². The molecule has 34 heavy (non-hydrogen) atoms. The maximum absolute atomic E-state index is 13.8. The fraction of sp³-hybridized carbons (Fsp3) is 0.321. The Hall–Kier alpha value is -3.67. The zero-order valence-corrected chi connectivity index (χ0v) is 20.2. The number of imide groups is 1. The number of aromatic nitrogens is 1. The fourth-order valence-corrected chi connectivity index (χ4v) is 4.75. The lowest BCUT2D eigenvalue weighted by Gasteiger charge is -2.38. The molecule has 174 valence electrons. The van der Waals surface area contributed by atoms with Gasteiger partial charge in [-0.05, 0) is 75.1 Å². The van der Waals surface area contributed by atoms with Crippen molar-refractivity contribution >= 4 is 28.6 Å². The van der Waals surface area contributed by atoms with Crippen LogP contribution < -0.4 is 5.32 Å². The molecule has 1 unspecified atom stereocenters. The molecule has 0 saturated heterocycles. The molecule has 6 heteroatoms. The zero-order valence-electron chi connectivity index (χ0n) is 20.2. The standard InChI is InChI=1S/C28H29N3O3/c1-16-8-9-19(13-17(16)2)24-20-15-22-18(7-6-11-29-22)14-23(20)30-21-10-12-31(26(32)25(21)24)27(33)34-28(3,4)5/h6-9,11,13-15,24,30H,10,12H2,1-5H3. The molecule has 6 nitrogen and oxygen atoms in total. The first kappa shape index (κ1) is 22.1. The Morgan fingerprint density at radius 2 is 1.91 bits per heavy atom. The summed E-state index contributed by atoms with van der Waals surface area (Å²) in [6, 6.07) is 14.4. The average molecular weight is 456 g/mol. The highest BCUT2D eigenvalue weighted by molar-refractivity contribution is 6.07. The van der Waals surface area contributed by atoms with Crippen LogP contribution in [0.5, 0.6) is 0 Å². The Morgan fingerprint density at radius 1 is 1.12 bits per heavy atom. The van der Waals surface area contributed by atoms with Gasteiger partial charge >= 0.3 is 6.09 Å². The van der Waals surface area contributed by atoms with E-state index in [-0.39, 0.29) is 18.4 Å². The van der Waals surface area contributed by atoms with Gasteiger partial charge in [-0.1, -0.05) is 24.3 Å². The van der Waals surface area contributed by atoms with Crippen molar-refractivity contribution in [2.24, 2.45) is 0 Å². The summed E-state index contributed by atoms with van der Waals surface area (Å²) in [5, 5.41) is 4.54. The minimum absolute atomic E-state index is 0.281. The Kier molecular flexibility index (Phi) is 5.19. The first-order valence-electron chi connectivity index (χ1n) is 11.6. The quantitative estimate of drug-likeness (QED) is 0.500. The topological polar surface area (TPSA) is 71.5 Å². The molecule has 1 N–H and O–H groups in total. The van der Waals surface area contributed by atoms with Crippen molar-refractivity contribution in [3.8, 4) is 0 Å². The summed E-state index contributed by atoms with van der Waals surface area (Å²) in [6.07, 6.45) is 1.72. The summed E-state index contributed by atoms with van der Waals surface area (Å²) >= 11 is 0. The van der Waals surface area contributed by atoms with Crippen molar-refractivity contribution in [3.05, 3.63) is 82.2 Å². The molecule has 2 aliphatic heterocycles. The third-order valence-corrected chi connectivity index (χ3v) is 6.52. The predicted molar refractivity (Wildman–Crippen MR) is 133 cm³/mol. The van der Waals surface area contributed by atoms with Crippen LogP contribution in [0.4, 0.5) is 10.5 Å². The molecular formula is C28H29N3O3. The van der Waals surface area contributed by atoms with Gasteiger partial charge in [0.2, 0.25) is 0 Å². The second kappa shape index (κ2) is 7.97. The van der Waals surface area contributed by atoms with E-state index in [4.69, 9.17) is 4.74 Å². The van der Waals surface area contributed by atoms with E-state index in [1.807, 2.05) is 12.1 Å². The van der Waals surface area contributed by atoms with Crippen LogP contribution in [0.25, 0.3) is 10.9 Å². The van der Waals surface area contributed by atoms with Crippen molar-refractivity contribution in [1.82, 2.24) is 9.88 Å². The number of ether oxygens (including phenoxy) is 1. The number of nitrogens with one attached hydrogen (secondary N) is 1. The lowest BCUT2D eigenvalue weighted by molar-refractivity contribution is -0.127. The number of hydrogen-bond acceptors (Lipinski definition) is 5. The van der Waals surface area contributed by atoms with Gasteiger partial charge in [-0.25, -0.2) is 9.69 Å². The maximum atomic E-state index is 13.8. The predicted octanol–water partition coefficient (Wildman–Crippen LogP) is 5.83. The molecule has 2 amide bonds. The third-order valence-electron chi connectivity index (χ3n) is 6.52. The number of aryl methyl sites for hydroxylation is 2. The highest BCUT2D eigenvalue weighted by Gasteiger charge is 2.41. The van der Waals surface area contributed by atoms with Crippen LogP contribution in [0.2, 0.25) is 0 Å². The van der Waals surface area contributed by atoms with E-state index in [2.05, 4.69) is 54.5 Å². The number of pyridine rings is 1. The number of nitrogens with zero attached hydrogens (tertiary/aromatic N) is 2. The van der Waals surface area contributed by atoms with Crippen LogP contribution >= 0.6 is 0 Å². The molecule has 0 aliphatic carbocycles. The average Bonchev–Trinajstić information content (AvgIpc) is 2.77. The first-order chi connectivity index (χ1) is 16.1. The van der Waals surface area contributed by atoms with Crippen LogP contribution in [0, 0.1) is 13.8 Å². The van der Waals surface area contributed by atoms with E-state index in [0.29, 0.717) is 12.0 Å². The third kappa shape index (κ3) is 3.83. The van der Waals surface area contributed by atoms with Crippen molar-refractivity contribution in [3.63, 3.8) is 0 Å². The number of benzene rings is 2. The minimum atomic E-state index is -0.679. The second-order valence-electron chi connectivity index (χ2n) is 10.1. The van der Waals surface area contributed by atoms with Gasteiger partial charge in [0, 0.05) is 47.4 Å². The lowest BCUT2D eigenvalue weighted by Crippen LogP contribution is -2.47. The summed E-state index contributed by atoms with van der Waals surface area (Å²) in [7, 11) is 0. The van der Waals surface area contributed by atoms with Crippen molar-refractivity contribution in [2.75, 3.05) is 11.9 Å². The Bertz CT molecular complexity index is 1370. The number of anilines is 1. The lowest BCUT2D eigenvalue weighted by atomic mass is 9.77. The molecule has 0 bridgehead atoms. The smallest absolute Gasteiger partial charge is 0.417 e. The molecule has 0 saturated carbocycles. The number of fused-ring (bicyclic) bond motifs is 2. The number of rotatable bonds is 1. The van der Waals surface area contributed by atoms with Crippen LogP contribution in [0.15, 0.2) is 59.9 Å². The van der Waals surface area contributed by atoms with Gasteiger partial charge in [0.1, 0.15) is 5.60 Å². The molecule has 0 spiro atoms. The number of carbonyl (C=O) groups is 2. The largest absolute Gasteiger partial charge is 0.443 e. The second-order valence-corrected chi connectivity index (χ2v) is 10.1. The van der Waals surface area contributed by atoms with E-state index in [1.54, 1.807) is 27.0 Å². The SMILES string of the molecule is Cc1ccc(C2C3=C(CCN(C(=O)OC(C)(C)C)C3=O)Nc3cc4cccnc4cc32)cc1C. The monoisotopic (exact) mass is 455 g/mol. The minimum Gasteiger partial charge on any atom is -0.443 e. The number of amides is 2. The van der Waals surface area contributed by atoms with E-state index in [9.17, 15) is 9.59 Å². The Balaban J connectivity index is 1.67. The molecule has 2 aliphatic rings. The van der Waals surface area contributed by atoms with E-state index >= 15 is 0 Å². The van der Waals surface area contributed by atoms with Gasteiger partial charge in [-0.15, -0.1) is 0 Å². The van der Waals surface area contributed by atoms with Gasteiger partial charge in [0.25, 0.3) is 5.91 Å². The van der Waals surface area contributed by atoms with Gasteiger partial charge in [-0.2, -0.15) is 0 Å². The van der Waals surface area contributed by atoms with E-state index in [0.717, 1.165) is 39.0 Å². The highest BCUT2D eigenvalue weighted by Crippen LogP contribution is 2.46. The van der Waals surface area contributed by atoms with E-state index in [1.165, 1.54) is 10.5 Å². The van der Waals surface area contributed by atoms with Gasteiger partial charge in [-0.3, -0.25) is 9.78 Å². The molecule has 1 atom stereocenters. The molecule has 3 aromatic rings. The summed E-state index contributed by atoms with van der Waals surface area (Å²) in [6.45, 7) is 9.85. The van der Waals surface area contributed by atoms with Crippen LogP contribution in [0.3, 0.4) is 0 Å². The first-order valence-corrected chi connectivity index (χ1v) is 11.6. The summed E-state index contributed by atoms with van der Waals surface area (Å²) in [5.74, 6) is -0.618. The number of hydrogen-bond donors (Lipinski definition) is 1. The summed E-state index contributed by atoms with van der Waals surface area (Å²) in [5.41, 5.74) is 6.98. The molecule has 2 aromatic carbocycles. The van der Waals surface area contributed by atoms with Crippen LogP contribution in [-0.4, -0.2) is 34.0 Å². The zero-order chi connectivity index (χ0) is 24.2. The summed E-state index contributed by atoms with van der Waals surface area (Å²) < 4.78 is 5.54. The van der Waals surface area contributed by atoms with Gasteiger partial charge < -0.3 is 10.1 Å². The van der Waals surface area contributed by atoms with Crippen LogP contribution in [-0.2, 0) is 9.53 Å². The normalized spacial score (nSPS) is 17.9. The van der Waals surface area contributed by atoms with Crippen LogP contribution in [0.1, 0.15) is 55.4 Å². The number of carbonyl (C=O) groups excluding carboxylic acids is 2. The maximum Gasteiger partial charge on any atom is 0.417 e.